The van der Waals surface area contributed by atoms with Crippen LogP contribution in [-0.2, 0) is 12.5 Å². The zero-order valence-corrected chi connectivity index (χ0v) is 12.2. The Kier molecular flexibility index (Phi) is 2.52. The average Bonchev–Trinajstić information content (AvgIpc) is 2.86. The number of para-hydroxylation sites is 3. The fourth-order valence-electron chi connectivity index (χ4n) is 3.18. The van der Waals surface area contributed by atoms with Gasteiger partial charge in [0.15, 0.2) is 0 Å². The molecule has 0 N–H and O–H groups in total. The van der Waals surface area contributed by atoms with E-state index in [9.17, 15) is 0 Å². The summed E-state index contributed by atoms with van der Waals surface area (Å²) in [4.78, 5) is 9.60. The van der Waals surface area contributed by atoms with Gasteiger partial charge in [-0.05, 0) is 30.3 Å². The highest BCUT2D eigenvalue weighted by atomic mass is 15.1. The molecule has 3 nitrogen and oxygen atoms in total. The summed E-state index contributed by atoms with van der Waals surface area (Å²) in [5.41, 5.74) is 2.05. The van der Waals surface area contributed by atoms with Crippen LogP contribution in [0.2, 0.25) is 0 Å². The van der Waals surface area contributed by atoms with Gasteiger partial charge in [0.2, 0.25) is 0 Å². The van der Waals surface area contributed by atoms with Crippen molar-refractivity contribution in [2.75, 3.05) is 6.54 Å². The first-order valence-electron chi connectivity index (χ1n) is 7.22. The number of nitrogens with zero attached hydrogens (tertiary/aromatic N) is 3. The first kappa shape index (κ1) is 12.3. The zero-order chi connectivity index (χ0) is 14.4. The number of rotatable bonds is 1. The smallest absolute Gasteiger partial charge is 0.121 e. The Labute approximate surface area is 123 Å². The van der Waals surface area contributed by atoms with Crippen LogP contribution in [0.4, 0.5) is 0 Å². The summed E-state index contributed by atoms with van der Waals surface area (Å²) in [6, 6.07) is 16.6. The van der Waals surface area contributed by atoms with Gasteiger partial charge >= 0.3 is 0 Å². The molecular formula is C18H17N3. The third-order valence-corrected chi connectivity index (χ3v) is 4.29. The summed E-state index contributed by atoms with van der Waals surface area (Å²) in [5, 5.41) is 2.27. The minimum absolute atomic E-state index is 0.165. The van der Waals surface area contributed by atoms with E-state index in [1.807, 2.05) is 12.1 Å². The second-order valence-corrected chi connectivity index (χ2v) is 5.92. The number of aromatic nitrogens is 2. The fraction of sp³-hybridized carbons (Fsp3) is 0.222. The average molecular weight is 275 g/mol. The quantitative estimate of drug-likeness (QED) is 0.667. The van der Waals surface area contributed by atoms with Crippen molar-refractivity contribution < 1.29 is 0 Å². The highest BCUT2D eigenvalue weighted by Crippen LogP contribution is 2.28. The van der Waals surface area contributed by atoms with E-state index in [0.29, 0.717) is 0 Å². The molecule has 0 bridgehead atoms. The van der Waals surface area contributed by atoms with Crippen LogP contribution in [0.5, 0.6) is 0 Å². The molecule has 1 atom stereocenters. The van der Waals surface area contributed by atoms with E-state index < -0.39 is 0 Å². The number of imidazole rings is 1. The maximum absolute atomic E-state index is 4.85. The first-order chi connectivity index (χ1) is 10.2. The molecule has 0 radical (unpaired) electrons. The van der Waals surface area contributed by atoms with Gasteiger partial charge in [-0.2, -0.15) is 0 Å². The number of hydrogen-bond donors (Lipinski definition) is 0. The van der Waals surface area contributed by atoms with Gasteiger partial charge in [0.05, 0.1) is 28.4 Å². The van der Waals surface area contributed by atoms with Gasteiger partial charge in [-0.15, -0.1) is 0 Å². The van der Waals surface area contributed by atoms with E-state index in [-0.39, 0.29) is 5.41 Å². The normalized spacial score (nSPS) is 20.7. The van der Waals surface area contributed by atoms with Gasteiger partial charge in [-0.1, -0.05) is 36.4 Å². The fourth-order valence-corrected chi connectivity index (χ4v) is 3.18. The van der Waals surface area contributed by atoms with E-state index in [2.05, 4.69) is 61.0 Å². The van der Waals surface area contributed by atoms with E-state index in [0.717, 1.165) is 23.2 Å². The van der Waals surface area contributed by atoms with Crippen molar-refractivity contribution in [3.63, 3.8) is 0 Å². The summed E-state index contributed by atoms with van der Waals surface area (Å²) in [7, 11) is 2.09. The minimum atomic E-state index is -0.165. The van der Waals surface area contributed by atoms with Crippen molar-refractivity contribution in [1.82, 2.24) is 9.55 Å². The molecule has 1 aliphatic heterocycles. The lowest BCUT2D eigenvalue weighted by molar-refractivity contribution is 0.562. The van der Waals surface area contributed by atoms with E-state index in [1.54, 1.807) is 0 Å². The molecule has 3 aromatic rings. The third kappa shape index (κ3) is 1.81. The largest absolute Gasteiger partial charge is 0.330 e. The molecule has 2 aromatic carbocycles. The molecule has 0 fully saturated rings. The summed E-state index contributed by atoms with van der Waals surface area (Å²) in [5.74, 6) is 1.07. The van der Waals surface area contributed by atoms with Crippen LogP contribution < -0.4 is 10.6 Å². The molecule has 1 aliphatic rings. The Morgan fingerprint density at radius 3 is 2.67 bits per heavy atom. The summed E-state index contributed by atoms with van der Waals surface area (Å²) in [6.45, 7) is 2.95. The molecule has 0 amide bonds. The molecule has 0 aliphatic carbocycles. The Morgan fingerprint density at radius 1 is 1.05 bits per heavy atom. The molecule has 4 rings (SSSR count). The van der Waals surface area contributed by atoms with Crippen LogP contribution in [-0.4, -0.2) is 16.1 Å². The molecule has 21 heavy (non-hydrogen) atoms. The highest BCUT2D eigenvalue weighted by molar-refractivity contribution is 5.76. The van der Waals surface area contributed by atoms with Crippen LogP contribution in [0.25, 0.3) is 17.1 Å². The minimum Gasteiger partial charge on any atom is -0.330 e. The van der Waals surface area contributed by atoms with Crippen molar-refractivity contribution in [3.05, 3.63) is 64.9 Å². The van der Waals surface area contributed by atoms with E-state index in [1.165, 1.54) is 10.7 Å². The predicted molar refractivity (Wildman–Crippen MR) is 84.6 cm³/mol. The Balaban J connectivity index is 1.96. The lowest BCUT2D eigenvalue weighted by Gasteiger charge is -2.25. The second-order valence-electron chi connectivity index (χ2n) is 5.92. The van der Waals surface area contributed by atoms with Crippen molar-refractivity contribution in [2.24, 2.45) is 12.0 Å². The Bertz CT molecular complexity index is 952. The topological polar surface area (TPSA) is 30.2 Å². The van der Waals surface area contributed by atoms with Crippen molar-refractivity contribution in [1.29, 1.82) is 0 Å². The van der Waals surface area contributed by atoms with Crippen molar-refractivity contribution >= 4 is 17.1 Å². The molecule has 2 heterocycles. The number of hydrogen-bond acceptors (Lipinski definition) is 2. The molecular weight excluding hydrogens is 258 g/mol. The molecule has 1 aromatic heterocycles. The summed E-state index contributed by atoms with van der Waals surface area (Å²) >= 11 is 0. The predicted octanol–water partition coefficient (Wildman–Crippen LogP) is 1.94. The summed E-state index contributed by atoms with van der Waals surface area (Å²) < 4.78 is 2.19. The number of aryl methyl sites for hydroxylation is 1. The van der Waals surface area contributed by atoms with Crippen LogP contribution in [0, 0.1) is 0 Å². The molecule has 3 heteroatoms. The second kappa shape index (κ2) is 4.29. The van der Waals surface area contributed by atoms with Gasteiger partial charge in [-0.25, -0.2) is 4.98 Å². The molecule has 104 valence electrons. The van der Waals surface area contributed by atoms with E-state index >= 15 is 0 Å². The number of benzene rings is 2. The number of fused-ring (bicyclic) bond motifs is 2. The van der Waals surface area contributed by atoms with Crippen LogP contribution in [0.3, 0.4) is 0 Å². The van der Waals surface area contributed by atoms with Crippen molar-refractivity contribution in [2.45, 2.75) is 12.3 Å². The van der Waals surface area contributed by atoms with E-state index in [4.69, 9.17) is 9.98 Å². The first-order valence-corrected chi connectivity index (χ1v) is 7.22. The Hall–Kier alpha value is -2.42. The van der Waals surface area contributed by atoms with Crippen molar-refractivity contribution in [3.8, 4) is 0 Å². The summed E-state index contributed by atoms with van der Waals surface area (Å²) in [6.07, 6.45) is 2.30. The third-order valence-electron chi connectivity index (χ3n) is 4.29. The monoisotopic (exact) mass is 275 g/mol. The van der Waals surface area contributed by atoms with Crippen LogP contribution in [0.15, 0.2) is 53.5 Å². The Morgan fingerprint density at radius 2 is 1.81 bits per heavy atom. The maximum atomic E-state index is 4.85. The van der Waals surface area contributed by atoms with Crippen LogP contribution >= 0.6 is 0 Å². The molecule has 0 spiro atoms. The molecule has 1 unspecified atom stereocenters. The van der Waals surface area contributed by atoms with Gasteiger partial charge in [0, 0.05) is 7.05 Å². The maximum Gasteiger partial charge on any atom is 0.121 e. The zero-order valence-electron chi connectivity index (χ0n) is 12.2. The van der Waals surface area contributed by atoms with Gasteiger partial charge < -0.3 is 4.57 Å². The van der Waals surface area contributed by atoms with Crippen LogP contribution in [0.1, 0.15) is 12.7 Å². The van der Waals surface area contributed by atoms with Gasteiger partial charge in [-0.3, -0.25) is 4.99 Å². The van der Waals surface area contributed by atoms with Gasteiger partial charge in [0.25, 0.3) is 0 Å². The lowest BCUT2D eigenvalue weighted by Crippen LogP contribution is -2.39. The molecule has 0 saturated carbocycles. The highest BCUT2D eigenvalue weighted by Gasteiger charge is 2.30. The standard InChI is InChI=1S/C18H17N3/c1-18(11-13-7-3-4-8-14(13)19-12-18)17-20-15-9-5-6-10-16(15)21(17)2/h3-11H,12H2,1-2H3. The van der Waals surface area contributed by atoms with Gasteiger partial charge in [0.1, 0.15) is 5.82 Å². The SMILES string of the molecule is Cn1c(C2(C)C=c3ccccc3=NC2)nc2ccccc21. The lowest BCUT2D eigenvalue weighted by atomic mass is 9.86. The molecule has 0 saturated heterocycles.